The van der Waals surface area contributed by atoms with Crippen molar-refractivity contribution in [2.75, 3.05) is 13.7 Å². The van der Waals surface area contributed by atoms with Gasteiger partial charge in [-0.2, -0.15) is 5.10 Å². The molecule has 2 heterocycles. The SMILES string of the molecule is COc1ccccc1CNC(=O)CO/N=C(/N)c1ccc(-n2nc(C)cc2C)nc1. The molecule has 1 amide bonds. The Labute approximate surface area is 174 Å². The molecule has 0 saturated heterocycles. The Morgan fingerprint density at radius 2 is 2.03 bits per heavy atom. The summed E-state index contributed by atoms with van der Waals surface area (Å²) < 4.78 is 7.00. The Bertz CT molecular complexity index is 1040. The number of nitrogens with zero attached hydrogens (tertiary/aromatic N) is 4. The Morgan fingerprint density at radius 3 is 2.70 bits per heavy atom. The first-order chi connectivity index (χ1) is 14.5. The van der Waals surface area contributed by atoms with E-state index in [1.807, 2.05) is 44.2 Å². The van der Waals surface area contributed by atoms with Crippen LogP contribution in [0.5, 0.6) is 5.75 Å². The molecule has 0 aliphatic carbocycles. The Morgan fingerprint density at radius 1 is 1.23 bits per heavy atom. The molecule has 9 nitrogen and oxygen atoms in total. The summed E-state index contributed by atoms with van der Waals surface area (Å²) in [4.78, 5) is 21.4. The van der Waals surface area contributed by atoms with Crippen LogP contribution in [0.25, 0.3) is 5.82 Å². The molecule has 3 rings (SSSR count). The van der Waals surface area contributed by atoms with Gasteiger partial charge in [-0.15, -0.1) is 0 Å². The average Bonchev–Trinajstić information content (AvgIpc) is 3.10. The Balaban J connectivity index is 1.52. The van der Waals surface area contributed by atoms with Crippen LogP contribution in [0.1, 0.15) is 22.5 Å². The van der Waals surface area contributed by atoms with Crippen molar-refractivity contribution in [1.29, 1.82) is 0 Å². The summed E-state index contributed by atoms with van der Waals surface area (Å²) in [5, 5.41) is 10.9. The predicted octanol–water partition coefficient (Wildman–Crippen LogP) is 1.85. The maximum Gasteiger partial charge on any atom is 0.261 e. The first-order valence-electron chi connectivity index (χ1n) is 9.32. The second kappa shape index (κ2) is 9.55. The molecule has 0 aliphatic rings. The van der Waals surface area contributed by atoms with Crippen LogP contribution in [0.15, 0.2) is 53.8 Å². The number of methoxy groups -OCH3 is 1. The number of hydrogen-bond donors (Lipinski definition) is 2. The van der Waals surface area contributed by atoms with Crippen LogP contribution in [0, 0.1) is 13.8 Å². The number of nitrogens with one attached hydrogen (secondary N) is 1. The number of oxime groups is 1. The molecule has 0 bridgehead atoms. The Kier molecular flexibility index (Phi) is 6.63. The second-order valence-electron chi connectivity index (χ2n) is 6.58. The first kappa shape index (κ1) is 20.8. The number of rotatable bonds is 8. The third kappa shape index (κ3) is 5.13. The van der Waals surface area contributed by atoms with Crippen molar-refractivity contribution in [2.24, 2.45) is 10.9 Å². The molecular formula is C21H24N6O3. The molecule has 9 heteroatoms. The number of nitrogens with two attached hydrogens (primary N) is 1. The highest BCUT2D eigenvalue weighted by Crippen LogP contribution is 2.16. The molecule has 0 fully saturated rings. The van der Waals surface area contributed by atoms with Gasteiger partial charge in [0, 0.05) is 29.6 Å². The normalized spacial score (nSPS) is 11.2. The quantitative estimate of drug-likeness (QED) is 0.334. The highest BCUT2D eigenvalue weighted by atomic mass is 16.6. The van der Waals surface area contributed by atoms with Crippen molar-refractivity contribution in [3.05, 3.63) is 71.2 Å². The van der Waals surface area contributed by atoms with Crippen molar-refractivity contribution in [3.63, 3.8) is 0 Å². The van der Waals surface area contributed by atoms with E-state index in [1.165, 1.54) is 0 Å². The zero-order valence-electron chi connectivity index (χ0n) is 17.1. The molecule has 0 atom stereocenters. The lowest BCUT2D eigenvalue weighted by Gasteiger charge is -2.09. The molecule has 2 aromatic heterocycles. The molecule has 1 aromatic carbocycles. The van der Waals surface area contributed by atoms with Crippen molar-refractivity contribution < 1.29 is 14.4 Å². The fourth-order valence-corrected chi connectivity index (χ4v) is 2.83. The van der Waals surface area contributed by atoms with Gasteiger partial charge in [-0.05, 0) is 38.1 Å². The Hall–Kier alpha value is -3.88. The molecule has 0 aliphatic heterocycles. The average molecular weight is 408 g/mol. The van der Waals surface area contributed by atoms with E-state index in [-0.39, 0.29) is 18.3 Å². The molecule has 0 unspecified atom stereocenters. The first-order valence-corrected chi connectivity index (χ1v) is 9.32. The van der Waals surface area contributed by atoms with Crippen LogP contribution >= 0.6 is 0 Å². The van der Waals surface area contributed by atoms with Crippen LogP contribution in [0.2, 0.25) is 0 Å². The molecule has 3 aromatic rings. The van der Waals surface area contributed by atoms with Crippen LogP contribution in [-0.4, -0.2) is 40.2 Å². The van der Waals surface area contributed by atoms with Gasteiger partial charge < -0.3 is 20.6 Å². The largest absolute Gasteiger partial charge is 0.496 e. The maximum absolute atomic E-state index is 12.0. The third-order valence-corrected chi connectivity index (χ3v) is 4.30. The van der Waals surface area contributed by atoms with Crippen molar-refractivity contribution >= 4 is 11.7 Å². The molecule has 3 N–H and O–H groups in total. The minimum atomic E-state index is -0.324. The van der Waals surface area contributed by atoms with Gasteiger partial charge in [0.2, 0.25) is 0 Å². The van der Waals surface area contributed by atoms with Gasteiger partial charge in [0.25, 0.3) is 5.91 Å². The van der Waals surface area contributed by atoms with Gasteiger partial charge in [0.05, 0.1) is 12.8 Å². The van der Waals surface area contributed by atoms with E-state index in [0.29, 0.717) is 23.7 Å². The number of aromatic nitrogens is 3. The molecule has 156 valence electrons. The number of amidine groups is 1. The number of para-hydroxylation sites is 1. The minimum Gasteiger partial charge on any atom is -0.496 e. The third-order valence-electron chi connectivity index (χ3n) is 4.30. The second-order valence-corrected chi connectivity index (χ2v) is 6.58. The summed E-state index contributed by atoms with van der Waals surface area (Å²) >= 11 is 0. The summed E-state index contributed by atoms with van der Waals surface area (Å²) in [7, 11) is 1.58. The van der Waals surface area contributed by atoms with E-state index in [0.717, 1.165) is 17.0 Å². The lowest BCUT2D eigenvalue weighted by Crippen LogP contribution is -2.27. The summed E-state index contributed by atoms with van der Waals surface area (Å²) in [5.74, 6) is 1.18. The molecular weight excluding hydrogens is 384 g/mol. The molecule has 30 heavy (non-hydrogen) atoms. The van der Waals surface area contributed by atoms with E-state index < -0.39 is 0 Å². The van der Waals surface area contributed by atoms with E-state index in [1.54, 1.807) is 30.1 Å². The predicted molar refractivity (Wildman–Crippen MR) is 112 cm³/mol. The van der Waals surface area contributed by atoms with E-state index >= 15 is 0 Å². The highest BCUT2D eigenvalue weighted by Gasteiger charge is 2.08. The van der Waals surface area contributed by atoms with Gasteiger partial charge in [-0.1, -0.05) is 23.4 Å². The van der Waals surface area contributed by atoms with Gasteiger partial charge in [0.15, 0.2) is 18.3 Å². The van der Waals surface area contributed by atoms with Crippen LogP contribution < -0.4 is 15.8 Å². The van der Waals surface area contributed by atoms with Gasteiger partial charge in [-0.3, -0.25) is 4.79 Å². The number of ether oxygens (including phenoxy) is 1. The van der Waals surface area contributed by atoms with Gasteiger partial charge in [0.1, 0.15) is 5.75 Å². The van der Waals surface area contributed by atoms with E-state index in [2.05, 4.69) is 20.6 Å². The fraction of sp³-hybridized carbons (Fsp3) is 0.238. The van der Waals surface area contributed by atoms with Crippen LogP contribution in [0.4, 0.5) is 0 Å². The lowest BCUT2D eigenvalue weighted by molar-refractivity contribution is -0.125. The number of amides is 1. The smallest absolute Gasteiger partial charge is 0.261 e. The highest BCUT2D eigenvalue weighted by molar-refractivity contribution is 5.96. The lowest BCUT2D eigenvalue weighted by atomic mass is 10.2. The van der Waals surface area contributed by atoms with Crippen molar-refractivity contribution in [2.45, 2.75) is 20.4 Å². The van der Waals surface area contributed by atoms with Gasteiger partial charge in [-0.25, -0.2) is 9.67 Å². The van der Waals surface area contributed by atoms with Crippen LogP contribution in [-0.2, 0) is 16.2 Å². The summed E-state index contributed by atoms with van der Waals surface area (Å²) in [6, 6.07) is 13.0. The number of carbonyl (C=O) groups excluding carboxylic acids is 1. The van der Waals surface area contributed by atoms with E-state index in [9.17, 15) is 4.79 Å². The number of hydrogen-bond acceptors (Lipinski definition) is 6. The van der Waals surface area contributed by atoms with Crippen LogP contribution in [0.3, 0.4) is 0 Å². The topological polar surface area (TPSA) is 117 Å². The standard InChI is InChI=1S/C21H24N6O3/c1-14-10-15(2)27(25-14)19-9-8-17(12-23-19)21(22)26-30-13-20(28)24-11-16-6-4-5-7-18(16)29-3/h4-10,12H,11,13H2,1-3H3,(H2,22,26)(H,24,28). The van der Waals surface area contributed by atoms with E-state index in [4.69, 9.17) is 15.3 Å². The summed E-state index contributed by atoms with van der Waals surface area (Å²) in [6.45, 7) is 3.95. The molecule has 0 spiro atoms. The maximum atomic E-state index is 12.0. The summed E-state index contributed by atoms with van der Waals surface area (Å²) in [5.41, 5.74) is 9.26. The number of pyridine rings is 1. The fourth-order valence-electron chi connectivity index (χ4n) is 2.83. The summed E-state index contributed by atoms with van der Waals surface area (Å²) in [6.07, 6.45) is 1.58. The number of aryl methyl sites for hydroxylation is 2. The number of carbonyl (C=O) groups is 1. The monoisotopic (exact) mass is 408 g/mol. The van der Waals surface area contributed by atoms with Crippen molar-refractivity contribution in [3.8, 4) is 11.6 Å². The molecule has 0 saturated carbocycles. The molecule has 0 radical (unpaired) electrons. The van der Waals surface area contributed by atoms with Crippen molar-refractivity contribution in [1.82, 2.24) is 20.1 Å². The number of benzene rings is 1. The zero-order valence-corrected chi connectivity index (χ0v) is 17.1. The zero-order chi connectivity index (χ0) is 21.5. The van der Waals surface area contributed by atoms with Gasteiger partial charge >= 0.3 is 0 Å². The minimum absolute atomic E-state index is 0.125.